The number of aromatic nitrogens is 1. The van der Waals surface area contributed by atoms with Gasteiger partial charge in [-0.3, -0.25) is 9.78 Å². The normalized spacial score (nSPS) is 14.2. The smallest absolute Gasteiger partial charge is 0.428 e. The highest BCUT2D eigenvalue weighted by molar-refractivity contribution is 6.65. The molecule has 28 heavy (non-hydrogen) atoms. The molecule has 140 valence electrons. The molecule has 1 atom stereocenters. The lowest BCUT2D eigenvalue weighted by molar-refractivity contribution is -0.119. The van der Waals surface area contributed by atoms with Gasteiger partial charge in [-0.25, -0.2) is 0 Å². The number of pyridine rings is 1. The van der Waals surface area contributed by atoms with E-state index < -0.39 is 13.0 Å². The molecule has 0 spiro atoms. The first-order valence-corrected chi connectivity index (χ1v) is 9.21. The van der Waals surface area contributed by atoms with E-state index in [0.717, 1.165) is 32.9 Å². The summed E-state index contributed by atoms with van der Waals surface area (Å²) in [6.07, 6.45) is 5.54. The average molecular weight is 372 g/mol. The van der Waals surface area contributed by atoms with Crippen LogP contribution in [0.4, 0.5) is 0 Å². The molecule has 0 amide bonds. The number of nitrogens with zero attached hydrogens (tertiary/aromatic N) is 3. The molecule has 1 aromatic heterocycles. The number of benzene rings is 2. The van der Waals surface area contributed by atoms with Crippen LogP contribution in [0.3, 0.4) is 0 Å². The van der Waals surface area contributed by atoms with Gasteiger partial charge in [0.2, 0.25) is 0 Å². The first kappa shape index (κ1) is 18.3. The van der Waals surface area contributed by atoms with Crippen molar-refractivity contribution in [3.8, 4) is 0 Å². The quantitative estimate of drug-likeness (QED) is 0.654. The summed E-state index contributed by atoms with van der Waals surface area (Å²) in [5.41, 5.74) is 9.27. The van der Waals surface area contributed by atoms with Crippen molar-refractivity contribution in [1.29, 1.82) is 0 Å². The number of nitrogens with two attached hydrogens (primary N) is 1. The number of carbonyl (C=O) groups excluding carboxylic acids is 1. The lowest BCUT2D eigenvalue weighted by Gasteiger charge is -2.26. The van der Waals surface area contributed by atoms with Gasteiger partial charge in [0.1, 0.15) is 5.78 Å². The zero-order chi connectivity index (χ0) is 19.7. The fraction of sp³-hybridized carbons (Fsp3) is 0.190. The largest absolute Gasteiger partial charge is 0.466 e. The summed E-state index contributed by atoms with van der Waals surface area (Å²) >= 11 is 0. The van der Waals surface area contributed by atoms with Crippen LogP contribution in [0.25, 0.3) is 10.8 Å². The van der Waals surface area contributed by atoms with Crippen molar-refractivity contribution in [3.63, 3.8) is 0 Å². The molecule has 0 fully saturated rings. The third kappa shape index (κ3) is 3.30. The van der Waals surface area contributed by atoms with Crippen LogP contribution in [0.5, 0.6) is 0 Å². The molecule has 1 aliphatic heterocycles. The van der Waals surface area contributed by atoms with Crippen molar-refractivity contribution < 1.29 is 9.82 Å². The number of fused-ring (bicyclic) bond motifs is 2. The Balaban J connectivity index is 1.64. The van der Waals surface area contributed by atoms with E-state index in [-0.39, 0.29) is 12.3 Å². The molecule has 3 N–H and O–H groups in total. The van der Waals surface area contributed by atoms with Gasteiger partial charge in [0.05, 0.1) is 12.1 Å². The van der Waals surface area contributed by atoms with Crippen LogP contribution in [0.15, 0.2) is 60.0 Å². The van der Waals surface area contributed by atoms with Crippen molar-refractivity contribution in [1.82, 2.24) is 9.90 Å². The van der Waals surface area contributed by atoms with Gasteiger partial charge in [0, 0.05) is 37.8 Å². The molecule has 4 rings (SSSR count). The molecule has 0 aliphatic carbocycles. The van der Waals surface area contributed by atoms with Crippen LogP contribution in [0.1, 0.15) is 22.6 Å². The Morgan fingerprint density at radius 1 is 1.25 bits per heavy atom. The summed E-state index contributed by atoms with van der Waals surface area (Å²) in [5, 5.41) is 16.7. The van der Waals surface area contributed by atoms with Crippen molar-refractivity contribution in [2.75, 3.05) is 13.6 Å². The van der Waals surface area contributed by atoms with E-state index in [1.54, 1.807) is 19.5 Å². The Morgan fingerprint density at radius 2 is 2.11 bits per heavy atom. The molecule has 2 heterocycles. The van der Waals surface area contributed by atoms with E-state index in [1.807, 2.05) is 48.7 Å². The van der Waals surface area contributed by atoms with Gasteiger partial charge < -0.3 is 15.7 Å². The number of rotatable bonds is 5. The molecule has 0 saturated carbocycles. The summed E-state index contributed by atoms with van der Waals surface area (Å²) < 4.78 is 0. The molecule has 6 nitrogen and oxygen atoms in total. The predicted molar refractivity (Wildman–Crippen MR) is 112 cm³/mol. The maximum atomic E-state index is 13.1. The van der Waals surface area contributed by atoms with Gasteiger partial charge in [-0.1, -0.05) is 36.4 Å². The van der Waals surface area contributed by atoms with E-state index in [4.69, 9.17) is 5.73 Å². The van der Waals surface area contributed by atoms with Gasteiger partial charge in [0.25, 0.3) is 0 Å². The minimum absolute atomic E-state index is 0.0473. The zero-order valence-corrected chi connectivity index (χ0v) is 15.6. The second kappa shape index (κ2) is 7.54. The lowest BCUT2D eigenvalue weighted by atomic mass is 9.68. The highest BCUT2D eigenvalue weighted by Crippen LogP contribution is 2.23. The number of ketones is 1. The maximum Gasteiger partial charge on any atom is 0.466 e. The molecule has 2 aromatic carbocycles. The average Bonchev–Trinajstić information content (AvgIpc) is 2.71. The van der Waals surface area contributed by atoms with Gasteiger partial charge in [-0.05, 0) is 33.6 Å². The number of carbonyl (C=O) groups is 1. The second-order valence-corrected chi connectivity index (χ2v) is 7.03. The number of hydrogen-bond acceptors (Lipinski definition) is 6. The van der Waals surface area contributed by atoms with Gasteiger partial charge in [-0.15, -0.1) is 0 Å². The predicted octanol–water partition coefficient (Wildman–Crippen LogP) is 1.06. The number of hydrogen-bond donors (Lipinski definition) is 2. The summed E-state index contributed by atoms with van der Waals surface area (Å²) in [4.78, 5) is 18.7. The van der Waals surface area contributed by atoms with Crippen molar-refractivity contribution in [3.05, 3.63) is 71.5 Å². The monoisotopic (exact) mass is 372 g/mol. The fourth-order valence-corrected chi connectivity index (χ4v) is 3.69. The molecular weight excluding hydrogens is 351 g/mol. The topological polar surface area (TPSA) is 91.8 Å². The van der Waals surface area contributed by atoms with Crippen molar-refractivity contribution in [2.45, 2.75) is 12.3 Å². The highest BCUT2D eigenvalue weighted by atomic mass is 16.2. The number of hydrazone groups is 1. The molecule has 0 bridgehead atoms. The van der Waals surface area contributed by atoms with Gasteiger partial charge in [0.15, 0.2) is 0 Å². The fourth-order valence-electron chi connectivity index (χ4n) is 3.69. The SMILES string of the molecule is CN1N=Cc2c(cccc2C(CN)C(=O)Cc2ccc3cnccc3c2)B1O. The Bertz CT molecular complexity index is 1070. The van der Waals surface area contributed by atoms with Crippen LogP contribution in [-0.4, -0.2) is 47.6 Å². The highest BCUT2D eigenvalue weighted by Gasteiger charge is 2.30. The van der Waals surface area contributed by atoms with Crippen LogP contribution in [0.2, 0.25) is 0 Å². The standard InChI is InChI=1S/C21H21BN4O2/c1-26-22(28)20-4-2-3-17(19(20)13-25-26)18(11-23)21(27)10-14-5-6-16-12-24-8-7-15(16)9-14/h2-9,12-13,18,28H,10-11,23H2,1H3. The van der Waals surface area contributed by atoms with E-state index in [2.05, 4.69) is 10.1 Å². The van der Waals surface area contributed by atoms with Crippen LogP contribution in [0, 0.1) is 0 Å². The Hall–Kier alpha value is -3.03. The molecule has 0 saturated heterocycles. The Kier molecular flexibility index (Phi) is 4.94. The Labute approximate surface area is 163 Å². The van der Waals surface area contributed by atoms with Crippen LogP contribution in [-0.2, 0) is 11.2 Å². The van der Waals surface area contributed by atoms with Gasteiger partial charge >= 0.3 is 7.05 Å². The third-order valence-electron chi connectivity index (χ3n) is 5.26. The molecule has 1 unspecified atom stereocenters. The summed E-state index contributed by atoms with van der Waals surface area (Å²) in [6, 6.07) is 13.5. The third-order valence-corrected chi connectivity index (χ3v) is 5.26. The van der Waals surface area contributed by atoms with Crippen LogP contribution >= 0.6 is 0 Å². The van der Waals surface area contributed by atoms with E-state index in [0.29, 0.717) is 6.42 Å². The van der Waals surface area contributed by atoms with E-state index in [9.17, 15) is 9.82 Å². The molecule has 3 aromatic rings. The van der Waals surface area contributed by atoms with Crippen LogP contribution < -0.4 is 11.2 Å². The number of Topliss-reactive ketones (excluding diaryl/α,β-unsaturated/α-hetero) is 1. The first-order valence-electron chi connectivity index (χ1n) is 9.21. The molecule has 1 aliphatic rings. The van der Waals surface area contributed by atoms with Crippen molar-refractivity contribution >= 4 is 35.3 Å². The molecule has 7 heteroatoms. The summed E-state index contributed by atoms with van der Waals surface area (Å²) in [7, 11) is 0.875. The van der Waals surface area contributed by atoms with Gasteiger partial charge in [-0.2, -0.15) is 5.10 Å². The summed E-state index contributed by atoms with van der Waals surface area (Å²) in [5.74, 6) is -0.406. The first-order chi connectivity index (χ1) is 13.6. The molecule has 0 radical (unpaired) electrons. The minimum atomic E-state index is -0.831. The minimum Gasteiger partial charge on any atom is -0.428 e. The maximum absolute atomic E-state index is 13.1. The second-order valence-electron chi connectivity index (χ2n) is 7.03. The Morgan fingerprint density at radius 3 is 2.93 bits per heavy atom. The zero-order valence-electron chi connectivity index (χ0n) is 15.6. The molecular formula is C21H21BN4O2. The van der Waals surface area contributed by atoms with Crippen molar-refractivity contribution in [2.24, 2.45) is 10.8 Å². The van der Waals surface area contributed by atoms with E-state index in [1.165, 1.54) is 4.92 Å². The van der Waals surface area contributed by atoms with E-state index >= 15 is 0 Å². The lowest BCUT2D eigenvalue weighted by Crippen LogP contribution is -2.48. The summed E-state index contributed by atoms with van der Waals surface area (Å²) in [6.45, 7) is 0.201.